The Kier molecular flexibility index (Phi) is 5.39. The molecule has 28 heavy (non-hydrogen) atoms. The highest BCUT2D eigenvalue weighted by Gasteiger charge is 2.14. The summed E-state index contributed by atoms with van der Waals surface area (Å²) >= 11 is 10.9. The SMILES string of the molecule is Cc1ccc2nc(NC(=O)c3ccc(COc4ccc(Br)cc4Cl)o3)sc2c1. The first kappa shape index (κ1) is 19.0. The zero-order valence-electron chi connectivity index (χ0n) is 14.7. The molecule has 0 aliphatic rings. The van der Waals surface area contributed by atoms with Gasteiger partial charge >= 0.3 is 0 Å². The molecule has 0 aliphatic heterocycles. The van der Waals surface area contributed by atoms with Crippen molar-refractivity contribution in [1.82, 2.24) is 4.98 Å². The molecule has 4 aromatic rings. The molecule has 2 aromatic heterocycles. The van der Waals surface area contributed by atoms with E-state index in [9.17, 15) is 4.79 Å². The number of aryl methyl sites for hydroxylation is 1. The molecule has 0 unspecified atom stereocenters. The molecular weight excluding hydrogens is 464 g/mol. The van der Waals surface area contributed by atoms with Gasteiger partial charge < -0.3 is 9.15 Å². The fourth-order valence-electron chi connectivity index (χ4n) is 2.56. The van der Waals surface area contributed by atoms with Crippen LogP contribution in [0.15, 0.2) is 57.4 Å². The van der Waals surface area contributed by atoms with Crippen molar-refractivity contribution in [3.8, 4) is 5.75 Å². The average molecular weight is 478 g/mol. The third-order valence-corrected chi connectivity index (χ3v) is 5.64. The summed E-state index contributed by atoms with van der Waals surface area (Å²) in [5.41, 5.74) is 2.00. The quantitative estimate of drug-likeness (QED) is 0.359. The molecule has 0 bridgehead atoms. The van der Waals surface area contributed by atoms with E-state index in [0.717, 1.165) is 20.3 Å². The molecule has 1 N–H and O–H groups in total. The topological polar surface area (TPSA) is 64.4 Å². The lowest BCUT2D eigenvalue weighted by Crippen LogP contribution is -2.10. The number of benzene rings is 2. The lowest BCUT2D eigenvalue weighted by molar-refractivity contribution is 0.0992. The maximum atomic E-state index is 12.4. The minimum Gasteiger partial charge on any atom is -0.484 e. The van der Waals surface area contributed by atoms with Gasteiger partial charge in [0.25, 0.3) is 5.91 Å². The van der Waals surface area contributed by atoms with E-state index in [-0.39, 0.29) is 18.3 Å². The second-order valence-corrected chi connectivity index (χ2v) is 8.43. The first-order chi connectivity index (χ1) is 13.5. The van der Waals surface area contributed by atoms with Crippen molar-refractivity contribution in [2.45, 2.75) is 13.5 Å². The van der Waals surface area contributed by atoms with Crippen LogP contribution in [0.25, 0.3) is 10.2 Å². The van der Waals surface area contributed by atoms with Crippen molar-refractivity contribution in [3.05, 3.63) is 75.1 Å². The monoisotopic (exact) mass is 476 g/mol. The molecule has 142 valence electrons. The first-order valence-corrected chi connectivity index (χ1v) is 10.3. The summed E-state index contributed by atoms with van der Waals surface area (Å²) in [6.45, 7) is 2.18. The van der Waals surface area contributed by atoms with E-state index in [0.29, 0.717) is 21.7 Å². The van der Waals surface area contributed by atoms with Gasteiger partial charge in [-0.25, -0.2) is 4.98 Å². The number of furan rings is 1. The number of hydrogen-bond donors (Lipinski definition) is 1. The van der Waals surface area contributed by atoms with Crippen molar-refractivity contribution in [2.24, 2.45) is 0 Å². The molecule has 0 radical (unpaired) electrons. The maximum absolute atomic E-state index is 12.4. The van der Waals surface area contributed by atoms with Crippen LogP contribution >= 0.6 is 38.9 Å². The van der Waals surface area contributed by atoms with Gasteiger partial charge in [-0.1, -0.05) is 44.9 Å². The highest BCUT2D eigenvalue weighted by Crippen LogP contribution is 2.29. The Labute approximate surface area is 178 Å². The maximum Gasteiger partial charge on any atom is 0.293 e. The molecule has 0 saturated heterocycles. The fourth-order valence-corrected chi connectivity index (χ4v) is 4.25. The molecule has 0 fully saturated rings. The van der Waals surface area contributed by atoms with Crippen molar-refractivity contribution in [2.75, 3.05) is 5.32 Å². The number of carbonyl (C=O) groups excluding carboxylic acids is 1. The van der Waals surface area contributed by atoms with Gasteiger partial charge in [0.1, 0.15) is 18.1 Å². The van der Waals surface area contributed by atoms with Gasteiger partial charge in [0.05, 0.1) is 15.2 Å². The van der Waals surface area contributed by atoms with Crippen LogP contribution in [0, 0.1) is 6.92 Å². The molecule has 4 rings (SSSR count). The summed E-state index contributed by atoms with van der Waals surface area (Å²) in [6.07, 6.45) is 0. The normalized spacial score (nSPS) is 11.0. The van der Waals surface area contributed by atoms with Gasteiger partial charge in [0, 0.05) is 4.47 Å². The van der Waals surface area contributed by atoms with E-state index in [4.69, 9.17) is 20.8 Å². The van der Waals surface area contributed by atoms with Crippen LogP contribution in [0.4, 0.5) is 5.13 Å². The number of amides is 1. The Morgan fingerprint density at radius 3 is 2.93 bits per heavy atom. The van der Waals surface area contributed by atoms with Crippen LogP contribution in [0.5, 0.6) is 5.75 Å². The zero-order valence-corrected chi connectivity index (χ0v) is 17.8. The number of rotatable bonds is 5. The molecular formula is C20H14BrClN2O3S. The largest absolute Gasteiger partial charge is 0.484 e. The number of nitrogens with one attached hydrogen (secondary N) is 1. The number of thiazole rings is 1. The number of carbonyl (C=O) groups is 1. The molecule has 0 saturated carbocycles. The molecule has 0 atom stereocenters. The summed E-state index contributed by atoms with van der Waals surface area (Å²) in [6, 6.07) is 14.6. The highest BCUT2D eigenvalue weighted by atomic mass is 79.9. The number of ether oxygens (including phenoxy) is 1. The lowest BCUT2D eigenvalue weighted by atomic mass is 10.2. The van der Waals surface area contributed by atoms with Crippen LogP contribution in [-0.2, 0) is 6.61 Å². The molecule has 0 aliphatic carbocycles. The van der Waals surface area contributed by atoms with E-state index in [2.05, 4.69) is 26.2 Å². The molecule has 5 nitrogen and oxygen atoms in total. The Morgan fingerprint density at radius 2 is 2.11 bits per heavy atom. The number of nitrogens with zero attached hydrogens (tertiary/aromatic N) is 1. The van der Waals surface area contributed by atoms with Gasteiger partial charge in [-0.05, 0) is 55.0 Å². The molecule has 8 heteroatoms. The summed E-state index contributed by atoms with van der Waals surface area (Å²) in [4.78, 5) is 16.9. The van der Waals surface area contributed by atoms with Crippen molar-refractivity contribution >= 4 is 60.1 Å². The van der Waals surface area contributed by atoms with Crippen LogP contribution < -0.4 is 10.1 Å². The number of fused-ring (bicyclic) bond motifs is 1. The smallest absolute Gasteiger partial charge is 0.293 e. The van der Waals surface area contributed by atoms with Gasteiger partial charge in [-0.2, -0.15) is 0 Å². The molecule has 2 heterocycles. The van der Waals surface area contributed by atoms with E-state index < -0.39 is 0 Å². The summed E-state index contributed by atoms with van der Waals surface area (Å²) in [7, 11) is 0. The number of halogens is 2. The number of anilines is 1. The van der Waals surface area contributed by atoms with Crippen molar-refractivity contribution < 1.29 is 13.9 Å². The molecule has 0 spiro atoms. The van der Waals surface area contributed by atoms with Crippen LogP contribution in [0.1, 0.15) is 21.9 Å². The van der Waals surface area contributed by atoms with E-state index in [1.165, 1.54) is 11.3 Å². The van der Waals surface area contributed by atoms with Crippen LogP contribution in [0.3, 0.4) is 0 Å². The highest BCUT2D eigenvalue weighted by molar-refractivity contribution is 9.10. The second kappa shape index (κ2) is 7.95. The van der Waals surface area contributed by atoms with Gasteiger partial charge in [-0.3, -0.25) is 10.1 Å². The predicted molar refractivity (Wildman–Crippen MR) is 115 cm³/mol. The third kappa shape index (κ3) is 4.22. The van der Waals surface area contributed by atoms with Crippen molar-refractivity contribution in [3.63, 3.8) is 0 Å². The van der Waals surface area contributed by atoms with Gasteiger partial charge in [0.2, 0.25) is 0 Å². The predicted octanol–water partition coefficient (Wildman–Crippen LogP) is 6.44. The fraction of sp³-hybridized carbons (Fsp3) is 0.100. The first-order valence-electron chi connectivity index (χ1n) is 8.33. The van der Waals surface area contributed by atoms with Crippen molar-refractivity contribution in [1.29, 1.82) is 0 Å². The minimum atomic E-state index is -0.358. The lowest BCUT2D eigenvalue weighted by Gasteiger charge is -2.06. The number of hydrogen-bond acceptors (Lipinski definition) is 5. The van der Waals surface area contributed by atoms with E-state index in [1.807, 2.05) is 31.2 Å². The summed E-state index contributed by atoms with van der Waals surface area (Å²) in [5.74, 6) is 0.890. The summed E-state index contributed by atoms with van der Waals surface area (Å²) in [5, 5.41) is 3.80. The van der Waals surface area contributed by atoms with E-state index >= 15 is 0 Å². The van der Waals surface area contributed by atoms with Crippen LogP contribution in [-0.4, -0.2) is 10.9 Å². The number of aromatic nitrogens is 1. The minimum absolute atomic E-state index is 0.162. The Hall–Kier alpha value is -2.35. The Balaban J connectivity index is 1.42. The standard InChI is InChI=1S/C20H14BrClN2O3S/c1-11-2-5-15-18(8-11)28-20(23-15)24-19(25)17-7-4-13(27-17)10-26-16-6-3-12(21)9-14(16)22/h2-9H,10H2,1H3,(H,23,24,25). The van der Waals surface area contributed by atoms with Gasteiger partial charge in [-0.15, -0.1) is 0 Å². The summed E-state index contributed by atoms with van der Waals surface area (Å²) < 4.78 is 13.1. The second-order valence-electron chi connectivity index (χ2n) is 6.07. The average Bonchev–Trinajstić information content (AvgIpc) is 3.27. The van der Waals surface area contributed by atoms with Crippen LogP contribution in [0.2, 0.25) is 5.02 Å². The molecule has 1 amide bonds. The Morgan fingerprint density at radius 1 is 1.25 bits per heavy atom. The zero-order chi connectivity index (χ0) is 19.7. The van der Waals surface area contributed by atoms with Gasteiger partial charge in [0.15, 0.2) is 10.9 Å². The third-order valence-electron chi connectivity index (χ3n) is 3.91. The van der Waals surface area contributed by atoms with E-state index in [1.54, 1.807) is 24.3 Å². The Bertz CT molecular complexity index is 1170. The molecule has 2 aromatic carbocycles.